The summed E-state index contributed by atoms with van der Waals surface area (Å²) in [5, 5.41) is 11.0. The van der Waals surface area contributed by atoms with Crippen molar-refractivity contribution in [2.75, 3.05) is 26.4 Å². The fourth-order valence-corrected chi connectivity index (χ4v) is 5.60. The van der Waals surface area contributed by atoms with Gasteiger partial charge in [-0.1, -0.05) is 0 Å². The van der Waals surface area contributed by atoms with E-state index < -0.39 is 63.9 Å². The number of nitrogens with two attached hydrogens (primary N) is 1. The summed E-state index contributed by atoms with van der Waals surface area (Å²) in [7, 11) is -7.82. The number of aromatic amines is 1. The van der Waals surface area contributed by atoms with Gasteiger partial charge in [-0.2, -0.15) is 9.29 Å². The normalized spacial score (nSPS) is 30.0. The van der Waals surface area contributed by atoms with Crippen molar-refractivity contribution < 1.29 is 52.0 Å². The first kappa shape index (κ1) is 25.8. The first-order chi connectivity index (χ1) is 16.1. The van der Waals surface area contributed by atoms with Crippen molar-refractivity contribution in [3.63, 3.8) is 0 Å². The number of carbonyl (C=O) groups is 1. The molecule has 2 aliphatic heterocycles. The molecule has 1 amide bonds. The van der Waals surface area contributed by atoms with Crippen LogP contribution in [0.4, 0.5) is 5.95 Å². The number of nitrogen functional groups attached to an aromatic ring is 1. The van der Waals surface area contributed by atoms with Crippen LogP contribution in [0.1, 0.15) is 12.6 Å². The number of phosphoric ester groups is 1. The summed E-state index contributed by atoms with van der Waals surface area (Å²) in [6.45, 7) is -0.969. The molecule has 2 aliphatic rings. The van der Waals surface area contributed by atoms with Crippen LogP contribution in [0, 0.1) is 0 Å². The smallest absolute Gasteiger partial charge is 0.387 e. The Hall–Kier alpha value is -2.24. The Morgan fingerprint density at radius 3 is 2.69 bits per heavy atom. The minimum absolute atomic E-state index is 0.0192. The van der Waals surface area contributed by atoms with Gasteiger partial charge in [0, 0.05) is 14.1 Å². The molecule has 0 radical (unpaired) electrons. The van der Waals surface area contributed by atoms with E-state index in [9.17, 15) is 28.7 Å². The van der Waals surface area contributed by atoms with Crippen molar-refractivity contribution in [2.45, 2.75) is 36.6 Å². The van der Waals surface area contributed by atoms with Crippen LogP contribution in [-0.2, 0) is 32.2 Å². The van der Waals surface area contributed by atoms with Gasteiger partial charge in [0.2, 0.25) is 11.9 Å². The third-order valence-corrected chi connectivity index (χ3v) is 7.68. The number of nitrogens with one attached hydrogen (secondary N) is 1. The summed E-state index contributed by atoms with van der Waals surface area (Å²) in [5.41, 5.74) is 2.88. The van der Waals surface area contributed by atoms with Gasteiger partial charge in [0.1, 0.15) is 23.9 Å². The molecule has 2 bridgehead atoms. The fraction of sp³-hybridized carbons (Fsp3) is 0.600. The molecule has 2 unspecified atom stereocenters. The molecule has 2 aromatic heterocycles. The SMILES string of the molecule is CN(C)C(=O)C[C@@H]1OC2[C@H](n3cnc4c(=O)[nH]c(N)nc43)O[C@]1(COP(=O)(O)OP(=O)(O)O)[C@@H]2O. The molecule has 0 spiro atoms. The zero-order valence-electron chi connectivity index (χ0n) is 18.1. The van der Waals surface area contributed by atoms with Gasteiger partial charge in [-0.15, -0.1) is 0 Å². The number of nitrogens with zero attached hydrogens (tertiary/aromatic N) is 4. The Balaban J connectivity index is 1.69. The molecule has 6 atom stereocenters. The summed E-state index contributed by atoms with van der Waals surface area (Å²) in [6.07, 6.45) is -4.35. The molecule has 2 aromatic rings. The van der Waals surface area contributed by atoms with Crippen molar-refractivity contribution >= 4 is 38.7 Å². The van der Waals surface area contributed by atoms with Crippen LogP contribution >= 0.6 is 15.6 Å². The number of carbonyl (C=O) groups excluding carboxylic acids is 1. The largest absolute Gasteiger partial charge is 0.481 e. The van der Waals surface area contributed by atoms with Crippen LogP contribution in [0.15, 0.2) is 11.1 Å². The molecule has 4 heterocycles. The lowest BCUT2D eigenvalue weighted by molar-refractivity contribution is -0.222. The first-order valence-corrected chi connectivity index (χ1v) is 12.8. The predicted molar refractivity (Wildman–Crippen MR) is 112 cm³/mol. The third-order valence-electron chi connectivity index (χ3n) is 5.55. The number of ether oxygens (including phenoxy) is 2. The van der Waals surface area contributed by atoms with E-state index in [2.05, 4.69) is 19.3 Å². The van der Waals surface area contributed by atoms with Crippen molar-refractivity contribution in [1.29, 1.82) is 0 Å². The molecular formula is C15H22N6O12P2. The van der Waals surface area contributed by atoms with Crippen LogP contribution in [0.3, 0.4) is 0 Å². The number of aliphatic hydroxyl groups is 1. The number of amides is 1. The zero-order valence-corrected chi connectivity index (χ0v) is 19.9. The molecule has 0 saturated carbocycles. The maximum atomic E-state index is 12.3. The molecular weight excluding hydrogens is 518 g/mol. The molecule has 194 valence electrons. The number of rotatable bonds is 8. The van der Waals surface area contributed by atoms with E-state index in [1.807, 2.05) is 0 Å². The standard InChI is InChI=1S/C15H22N6O12P2/c1-20(2)7(22)3-6-15(4-30-35(28,29)33-34(25,26)27)10(23)9(31-6)13(32-15)21-5-17-8-11(21)18-14(16)19-12(8)24/h5-6,9-10,13,23H,3-4H2,1-2H3,(H,28,29)(H2,25,26,27)(H3,16,18,19,24)/t6-,9?,10+,13+,15-/m0/s1. The highest BCUT2D eigenvalue weighted by molar-refractivity contribution is 7.60. The second kappa shape index (κ2) is 8.70. The number of fused-ring (bicyclic) bond motifs is 3. The minimum Gasteiger partial charge on any atom is -0.387 e. The maximum Gasteiger partial charge on any atom is 0.481 e. The highest BCUT2D eigenvalue weighted by Gasteiger charge is 2.68. The average Bonchev–Trinajstić information content (AvgIpc) is 3.33. The van der Waals surface area contributed by atoms with Crippen molar-refractivity contribution in [3.8, 4) is 0 Å². The van der Waals surface area contributed by atoms with E-state index in [4.69, 9.17) is 29.5 Å². The Morgan fingerprint density at radius 1 is 1.37 bits per heavy atom. The second-order valence-electron chi connectivity index (χ2n) is 8.08. The summed E-state index contributed by atoms with van der Waals surface area (Å²) in [5.74, 6) is -0.667. The van der Waals surface area contributed by atoms with Crippen molar-refractivity contribution in [3.05, 3.63) is 16.7 Å². The summed E-state index contributed by atoms with van der Waals surface area (Å²) < 4.78 is 44.6. The lowest BCUT2D eigenvalue weighted by Crippen LogP contribution is -2.52. The van der Waals surface area contributed by atoms with E-state index in [0.717, 1.165) is 0 Å². The van der Waals surface area contributed by atoms with E-state index in [-0.39, 0.29) is 23.5 Å². The molecule has 20 heteroatoms. The minimum atomic E-state index is -5.42. The quantitative estimate of drug-likeness (QED) is 0.194. The molecule has 2 fully saturated rings. The van der Waals surface area contributed by atoms with Gasteiger partial charge in [0.15, 0.2) is 17.4 Å². The Morgan fingerprint density at radius 2 is 2.06 bits per heavy atom. The van der Waals surface area contributed by atoms with Gasteiger partial charge >= 0.3 is 15.6 Å². The number of H-pyrrole nitrogens is 1. The number of aliphatic hydroxyl groups excluding tert-OH is 1. The lowest BCUT2D eigenvalue weighted by atomic mass is 9.91. The summed E-state index contributed by atoms with van der Waals surface area (Å²) >= 11 is 0. The maximum absolute atomic E-state index is 12.3. The number of imidazole rings is 1. The molecule has 35 heavy (non-hydrogen) atoms. The molecule has 18 nitrogen and oxygen atoms in total. The first-order valence-electron chi connectivity index (χ1n) is 9.81. The Bertz CT molecular complexity index is 1310. The van der Waals surface area contributed by atoms with Gasteiger partial charge in [-0.3, -0.25) is 23.7 Å². The van der Waals surface area contributed by atoms with E-state index in [0.29, 0.717) is 0 Å². The van der Waals surface area contributed by atoms with Crippen LogP contribution < -0.4 is 11.3 Å². The molecule has 7 N–H and O–H groups in total. The predicted octanol–water partition coefficient (Wildman–Crippen LogP) is -2.20. The topological polar surface area (TPSA) is 262 Å². The number of hydrogen-bond acceptors (Lipinski definition) is 12. The molecule has 0 aliphatic carbocycles. The third kappa shape index (κ3) is 4.77. The van der Waals surface area contributed by atoms with Gasteiger partial charge in [0.05, 0.1) is 19.4 Å². The molecule has 2 saturated heterocycles. The van der Waals surface area contributed by atoms with E-state index in [1.165, 1.54) is 29.9 Å². The van der Waals surface area contributed by atoms with E-state index >= 15 is 0 Å². The second-order valence-corrected chi connectivity index (χ2v) is 10.9. The van der Waals surface area contributed by atoms with Gasteiger partial charge in [-0.05, 0) is 0 Å². The van der Waals surface area contributed by atoms with Crippen molar-refractivity contribution in [1.82, 2.24) is 24.4 Å². The van der Waals surface area contributed by atoms with Gasteiger partial charge < -0.3 is 39.9 Å². The summed E-state index contributed by atoms with van der Waals surface area (Å²) in [4.78, 5) is 63.3. The fourth-order valence-electron chi connectivity index (χ4n) is 3.97. The number of phosphoric acid groups is 2. The number of anilines is 1. The number of aromatic nitrogens is 4. The van der Waals surface area contributed by atoms with Crippen LogP contribution in [0.2, 0.25) is 0 Å². The Kier molecular flexibility index (Phi) is 6.43. The number of hydrogen-bond donors (Lipinski definition) is 6. The molecule has 4 rings (SSSR count). The molecule has 0 aromatic carbocycles. The van der Waals surface area contributed by atoms with Crippen LogP contribution in [-0.4, -0.2) is 94.7 Å². The van der Waals surface area contributed by atoms with Crippen molar-refractivity contribution in [2.24, 2.45) is 0 Å². The zero-order chi connectivity index (χ0) is 25.9. The van der Waals surface area contributed by atoms with Crippen LogP contribution in [0.5, 0.6) is 0 Å². The highest BCUT2D eigenvalue weighted by atomic mass is 31.3. The van der Waals surface area contributed by atoms with Gasteiger partial charge in [0.25, 0.3) is 5.56 Å². The van der Waals surface area contributed by atoms with Crippen LogP contribution in [0.25, 0.3) is 11.2 Å². The summed E-state index contributed by atoms with van der Waals surface area (Å²) in [6, 6.07) is 0. The average molecular weight is 540 g/mol. The van der Waals surface area contributed by atoms with Gasteiger partial charge in [-0.25, -0.2) is 14.1 Å². The Labute approximate surface area is 195 Å². The highest BCUT2D eigenvalue weighted by Crippen LogP contribution is 2.59. The van der Waals surface area contributed by atoms with E-state index in [1.54, 1.807) is 0 Å². The monoisotopic (exact) mass is 540 g/mol. The lowest BCUT2D eigenvalue weighted by Gasteiger charge is -2.37.